The molecule has 122 valence electrons. The van der Waals surface area contributed by atoms with Gasteiger partial charge in [-0.25, -0.2) is 0 Å². The Balaban J connectivity index is 2.26. The number of anilines is 1. The third-order valence-corrected chi connectivity index (χ3v) is 3.56. The molecule has 2 N–H and O–H groups in total. The summed E-state index contributed by atoms with van der Waals surface area (Å²) in [6, 6.07) is 10.9. The molecule has 0 bridgehead atoms. The summed E-state index contributed by atoms with van der Waals surface area (Å²) in [6.45, 7) is 0. The average molecular weight is 343 g/mol. The summed E-state index contributed by atoms with van der Waals surface area (Å²) in [4.78, 5) is 12.3. The van der Waals surface area contributed by atoms with E-state index in [1.54, 1.807) is 37.4 Å². The normalized spacial score (nSPS) is 12.7. The topological polar surface area (TPSA) is 41.1 Å². The van der Waals surface area contributed by atoms with Gasteiger partial charge in [-0.05, 0) is 30.8 Å². The van der Waals surface area contributed by atoms with E-state index in [-0.39, 0.29) is 10.7 Å². The Morgan fingerprint density at radius 3 is 2.35 bits per heavy atom. The standard InChI is InChI=1S/C16H14ClF3N2O/c1-21-14(10-5-3-2-4-6-10)15(23)22-13-9-11(16(18,19)20)7-8-12(13)17/h2-9,14,21H,1H3,(H,22,23)/t14-/m1/s1. The summed E-state index contributed by atoms with van der Waals surface area (Å²) < 4.78 is 38.3. The van der Waals surface area contributed by atoms with E-state index in [0.717, 1.165) is 18.2 Å². The number of carbonyl (C=O) groups excluding carboxylic acids is 1. The molecule has 2 aromatic carbocycles. The lowest BCUT2D eigenvalue weighted by atomic mass is 10.1. The minimum Gasteiger partial charge on any atom is -0.323 e. The third kappa shape index (κ3) is 4.24. The van der Waals surface area contributed by atoms with E-state index in [1.807, 2.05) is 0 Å². The molecule has 0 saturated carbocycles. The maximum Gasteiger partial charge on any atom is 0.416 e. The molecule has 7 heteroatoms. The van der Waals surface area contributed by atoms with Crippen molar-refractivity contribution in [3.63, 3.8) is 0 Å². The van der Waals surface area contributed by atoms with Crippen molar-refractivity contribution in [1.82, 2.24) is 5.32 Å². The fourth-order valence-corrected chi connectivity index (χ4v) is 2.26. The van der Waals surface area contributed by atoms with Crippen LogP contribution in [-0.4, -0.2) is 13.0 Å². The van der Waals surface area contributed by atoms with E-state index in [9.17, 15) is 18.0 Å². The van der Waals surface area contributed by atoms with Crippen LogP contribution in [0.15, 0.2) is 48.5 Å². The predicted molar refractivity (Wildman–Crippen MR) is 83.3 cm³/mol. The first-order valence-electron chi connectivity index (χ1n) is 6.72. The van der Waals surface area contributed by atoms with Crippen LogP contribution < -0.4 is 10.6 Å². The molecule has 0 aliphatic heterocycles. The quantitative estimate of drug-likeness (QED) is 0.871. The Morgan fingerprint density at radius 2 is 1.78 bits per heavy atom. The summed E-state index contributed by atoms with van der Waals surface area (Å²) in [6.07, 6.45) is -4.51. The van der Waals surface area contributed by atoms with Crippen LogP contribution in [0, 0.1) is 0 Å². The molecular weight excluding hydrogens is 329 g/mol. The third-order valence-electron chi connectivity index (χ3n) is 3.24. The van der Waals surface area contributed by atoms with Crippen LogP contribution in [0.3, 0.4) is 0 Å². The second kappa shape index (κ2) is 7.02. The molecule has 2 rings (SSSR count). The molecule has 0 aliphatic carbocycles. The van der Waals surface area contributed by atoms with Crippen molar-refractivity contribution in [2.75, 3.05) is 12.4 Å². The van der Waals surface area contributed by atoms with E-state index >= 15 is 0 Å². The molecular formula is C16H14ClF3N2O. The molecule has 1 atom stereocenters. The lowest BCUT2D eigenvalue weighted by molar-refractivity contribution is -0.137. The highest BCUT2D eigenvalue weighted by atomic mass is 35.5. The maximum absolute atomic E-state index is 12.8. The van der Waals surface area contributed by atoms with Crippen LogP contribution in [0.5, 0.6) is 0 Å². The van der Waals surface area contributed by atoms with Crippen molar-refractivity contribution in [2.24, 2.45) is 0 Å². The van der Waals surface area contributed by atoms with Crippen molar-refractivity contribution in [1.29, 1.82) is 0 Å². The summed E-state index contributed by atoms with van der Waals surface area (Å²) in [7, 11) is 1.59. The van der Waals surface area contributed by atoms with Gasteiger partial charge in [-0.2, -0.15) is 13.2 Å². The molecule has 0 saturated heterocycles. The molecule has 0 aromatic heterocycles. The first kappa shape index (κ1) is 17.3. The SMILES string of the molecule is CN[C@@H](C(=O)Nc1cc(C(F)(F)F)ccc1Cl)c1ccccc1. The van der Waals surface area contributed by atoms with Crippen molar-refractivity contribution in [3.05, 3.63) is 64.7 Å². The van der Waals surface area contributed by atoms with Crippen LogP contribution >= 0.6 is 11.6 Å². The lowest BCUT2D eigenvalue weighted by Crippen LogP contribution is -2.30. The van der Waals surface area contributed by atoms with Gasteiger partial charge < -0.3 is 10.6 Å². The van der Waals surface area contributed by atoms with E-state index < -0.39 is 23.7 Å². The highest BCUT2D eigenvalue weighted by Crippen LogP contribution is 2.34. The van der Waals surface area contributed by atoms with Crippen molar-refractivity contribution < 1.29 is 18.0 Å². The number of hydrogen-bond acceptors (Lipinski definition) is 2. The second-order valence-corrected chi connectivity index (χ2v) is 5.22. The Bertz CT molecular complexity index is 689. The lowest BCUT2D eigenvalue weighted by Gasteiger charge is -2.18. The second-order valence-electron chi connectivity index (χ2n) is 4.81. The molecule has 2 aromatic rings. The molecule has 0 radical (unpaired) electrons. The zero-order chi connectivity index (χ0) is 17.0. The minimum absolute atomic E-state index is 0.0364. The van der Waals surface area contributed by atoms with Gasteiger partial charge in [-0.3, -0.25) is 4.79 Å². The smallest absolute Gasteiger partial charge is 0.323 e. The number of carbonyl (C=O) groups is 1. The van der Waals surface area contributed by atoms with Crippen molar-refractivity contribution in [2.45, 2.75) is 12.2 Å². The van der Waals surface area contributed by atoms with Crippen LogP contribution in [0.4, 0.5) is 18.9 Å². The number of likely N-dealkylation sites (N-methyl/N-ethyl adjacent to an activating group) is 1. The number of rotatable bonds is 4. The van der Waals surface area contributed by atoms with Crippen LogP contribution in [0.25, 0.3) is 0 Å². The molecule has 1 amide bonds. The van der Waals surface area contributed by atoms with E-state index in [0.29, 0.717) is 5.56 Å². The maximum atomic E-state index is 12.8. The fourth-order valence-electron chi connectivity index (χ4n) is 2.10. The zero-order valence-electron chi connectivity index (χ0n) is 12.1. The highest BCUT2D eigenvalue weighted by Gasteiger charge is 2.31. The Hall–Kier alpha value is -2.05. The predicted octanol–water partition coefficient (Wildman–Crippen LogP) is 4.26. The molecule has 0 aliphatic rings. The monoisotopic (exact) mass is 342 g/mol. The fraction of sp³-hybridized carbons (Fsp3) is 0.188. The van der Waals surface area contributed by atoms with Gasteiger partial charge >= 0.3 is 6.18 Å². The van der Waals surface area contributed by atoms with Gasteiger partial charge in [0.1, 0.15) is 6.04 Å². The average Bonchev–Trinajstić information content (AvgIpc) is 2.50. The molecule has 0 heterocycles. The van der Waals surface area contributed by atoms with Gasteiger partial charge in [-0.15, -0.1) is 0 Å². The highest BCUT2D eigenvalue weighted by molar-refractivity contribution is 6.33. The molecule has 23 heavy (non-hydrogen) atoms. The minimum atomic E-state index is -4.51. The van der Waals surface area contributed by atoms with Crippen molar-refractivity contribution in [3.8, 4) is 0 Å². The summed E-state index contributed by atoms with van der Waals surface area (Å²) >= 11 is 5.88. The Kier molecular flexibility index (Phi) is 5.28. The number of hydrogen-bond donors (Lipinski definition) is 2. The Labute approximate surface area is 136 Å². The Morgan fingerprint density at radius 1 is 1.13 bits per heavy atom. The molecule has 0 unspecified atom stereocenters. The van der Waals surface area contributed by atoms with Gasteiger partial charge in [0.2, 0.25) is 5.91 Å². The molecule has 0 spiro atoms. The van der Waals surface area contributed by atoms with Gasteiger partial charge in [0.15, 0.2) is 0 Å². The van der Waals surface area contributed by atoms with Gasteiger partial charge in [-0.1, -0.05) is 41.9 Å². The van der Waals surface area contributed by atoms with Crippen molar-refractivity contribution >= 4 is 23.2 Å². The number of halogens is 4. The van der Waals surface area contributed by atoms with Gasteiger partial charge in [0, 0.05) is 0 Å². The summed E-state index contributed by atoms with van der Waals surface area (Å²) in [5.41, 5.74) is -0.267. The molecule has 3 nitrogen and oxygen atoms in total. The zero-order valence-corrected chi connectivity index (χ0v) is 12.9. The summed E-state index contributed by atoms with van der Waals surface area (Å²) in [5.74, 6) is -0.500. The van der Waals surface area contributed by atoms with Crippen LogP contribution in [0.1, 0.15) is 17.2 Å². The number of benzene rings is 2. The summed E-state index contributed by atoms with van der Waals surface area (Å²) in [5, 5.41) is 5.30. The first-order valence-corrected chi connectivity index (χ1v) is 7.10. The van der Waals surface area contributed by atoms with Crippen LogP contribution in [-0.2, 0) is 11.0 Å². The van der Waals surface area contributed by atoms with E-state index in [1.165, 1.54) is 0 Å². The van der Waals surface area contributed by atoms with E-state index in [4.69, 9.17) is 11.6 Å². The number of amides is 1. The molecule has 0 fully saturated rings. The number of alkyl halides is 3. The van der Waals surface area contributed by atoms with Gasteiger partial charge in [0.05, 0.1) is 16.3 Å². The van der Waals surface area contributed by atoms with Gasteiger partial charge in [0.25, 0.3) is 0 Å². The largest absolute Gasteiger partial charge is 0.416 e. The van der Waals surface area contributed by atoms with E-state index in [2.05, 4.69) is 10.6 Å². The first-order chi connectivity index (χ1) is 10.8. The number of nitrogens with one attached hydrogen (secondary N) is 2. The van der Waals surface area contributed by atoms with Crippen LogP contribution in [0.2, 0.25) is 5.02 Å².